The molecule has 1 aliphatic carbocycles. The Bertz CT molecular complexity index is 907. The maximum atomic E-state index is 14.1. The first kappa shape index (κ1) is 16.4. The summed E-state index contributed by atoms with van der Waals surface area (Å²) in [6.45, 7) is 0. The molecule has 6 heteroatoms. The zero-order valence-electron chi connectivity index (χ0n) is 12.2. The number of primary sulfonamides is 1. The average molecular weight is 396 g/mol. The molecule has 1 aliphatic rings. The van der Waals surface area contributed by atoms with Crippen molar-refractivity contribution < 1.29 is 12.8 Å². The molecule has 0 saturated heterocycles. The molecule has 0 fully saturated rings. The van der Waals surface area contributed by atoms with E-state index in [1.165, 1.54) is 17.7 Å². The lowest BCUT2D eigenvalue weighted by atomic mass is 9.97. The van der Waals surface area contributed by atoms with E-state index in [4.69, 9.17) is 5.14 Å². The van der Waals surface area contributed by atoms with Crippen molar-refractivity contribution in [2.24, 2.45) is 5.14 Å². The average Bonchev–Trinajstić information content (AvgIpc) is 2.95. The molecule has 2 aromatic rings. The summed E-state index contributed by atoms with van der Waals surface area (Å²) in [6.07, 6.45) is 2.76. The van der Waals surface area contributed by atoms with Crippen LogP contribution >= 0.6 is 15.9 Å². The molecule has 120 valence electrons. The summed E-state index contributed by atoms with van der Waals surface area (Å²) in [4.78, 5) is -0.469. The number of rotatable bonds is 3. The van der Waals surface area contributed by atoms with Crippen LogP contribution in [0.25, 0.3) is 11.1 Å². The molecule has 0 bridgehead atoms. The van der Waals surface area contributed by atoms with Crippen LogP contribution in [0.1, 0.15) is 30.4 Å². The van der Waals surface area contributed by atoms with Crippen LogP contribution in [0.2, 0.25) is 0 Å². The van der Waals surface area contributed by atoms with Crippen molar-refractivity contribution in [2.75, 3.05) is 0 Å². The summed E-state index contributed by atoms with van der Waals surface area (Å²) in [5.74, 6) is -0.807. The van der Waals surface area contributed by atoms with E-state index in [1.54, 1.807) is 6.07 Å². The Morgan fingerprint density at radius 1 is 1.00 bits per heavy atom. The van der Waals surface area contributed by atoms with E-state index in [2.05, 4.69) is 15.9 Å². The van der Waals surface area contributed by atoms with Crippen LogP contribution in [0, 0.1) is 5.82 Å². The molecular weight excluding hydrogens is 381 g/mol. The first-order valence-electron chi connectivity index (χ1n) is 7.17. The van der Waals surface area contributed by atoms with Crippen LogP contribution in [-0.4, -0.2) is 8.42 Å². The highest BCUT2D eigenvalue weighted by Gasteiger charge is 2.20. The van der Waals surface area contributed by atoms with Gasteiger partial charge in [-0.15, -0.1) is 0 Å². The molecule has 0 spiro atoms. The molecule has 2 aromatic carbocycles. The number of nitrogens with two attached hydrogens (primary N) is 1. The molecule has 0 heterocycles. The Kier molecular flexibility index (Phi) is 4.40. The number of halogens is 2. The molecular formula is C17H15BrFNO2S. The number of sulfonamides is 1. The maximum Gasteiger partial charge on any atom is 0.240 e. The molecule has 0 aromatic heterocycles. The van der Waals surface area contributed by atoms with Gasteiger partial charge < -0.3 is 0 Å². The second-order valence-corrected chi connectivity index (χ2v) is 7.96. The predicted octanol–water partition coefficient (Wildman–Crippen LogP) is 4.33. The zero-order valence-corrected chi connectivity index (χ0v) is 14.6. The van der Waals surface area contributed by atoms with Crippen LogP contribution in [0.4, 0.5) is 4.39 Å². The van der Waals surface area contributed by atoms with Gasteiger partial charge in [-0.25, -0.2) is 17.9 Å². The van der Waals surface area contributed by atoms with E-state index in [0.717, 1.165) is 34.9 Å². The van der Waals surface area contributed by atoms with Gasteiger partial charge in [0.1, 0.15) is 10.7 Å². The van der Waals surface area contributed by atoms with Gasteiger partial charge in [0.15, 0.2) is 0 Å². The lowest BCUT2D eigenvalue weighted by Crippen LogP contribution is -2.14. The van der Waals surface area contributed by atoms with Gasteiger partial charge in [0, 0.05) is 4.47 Å². The lowest BCUT2D eigenvalue weighted by Gasteiger charge is -2.10. The Labute approximate surface area is 143 Å². The van der Waals surface area contributed by atoms with Gasteiger partial charge in [-0.1, -0.05) is 34.1 Å². The fourth-order valence-electron chi connectivity index (χ4n) is 2.98. The van der Waals surface area contributed by atoms with Crippen LogP contribution in [0.5, 0.6) is 0 Å². The third kappa shape index (κ3) is 3.39. The number of hydrogen-bond acceptors (Lipinski definition) is 2. The molecule has 0 atom stereocenters. The van der Waals surface area contributed by atoms with E-state index in [-0.39, 0.29) is 0 Å². The summed E-state index contributed by atoms with van der Waals surface area (Å²) in [7, 11) is -4.04. The monoisotopic (exact) mass is 395 g/mol. The number of allylic oxidation sites excluding steroid dienone is 2. The smallest absolute Gasteiger partial charge is 0.225 e. The van der Waals surface area contributed by atoms with Crippen molar-refractivity contribution >= 4 is 37.1 Å². The fraction of sp³-hybridized carbons (Fsp3) is 0.176. The third-order valence-corrected chi connectivity index (χ3v) is 5.42. The number of hydrogen-bond donors (Lipinski definition) is 1. The summed E-state index contributed by atoms with van der Waals surface area (Å²) >= 11 is 3.47. The molecule has 0 saturated carbocycles. The summed E-state index contributed by atoms with van der Waals surface area (Å²) in [5, 5.41) is 5.01. The highest BCUT2D eigenvalue weighted by molar-refractivity contribution is 9.10. The van der Waals surface area contributed by atoms with Gasteiger partial charge in [0.05, 0.1) is 0 Å². The topological polar surface area (TPSA) is 60.2 Å². The fourth-order valence-corrected chi connectivity index (χ4v) is 3.96. The van der Waals surface area contributed by atoms with E-state index < -0.39 is 20.7 Å². The summed E-state index contributed by atoms with van der Waals surface area (Å²) in [6, 6.07) is 12.1. The van der Waals surface area contributed by atoms with E-state index in [1.807, 2.05) is 24.3 Å². The minimum atomic E-state index is -4.04. The second kappa shape index (κ2) is 6.19. The zero-order chi connectivity index (χ0) is 16.6. The highest BCUT2D eigenvalue weighted by Crippen LogP contribution is 2.40. The molecule has 0 unspecified atom stereocenters. The van der Waals surface area contributed by atoms with Crippen molar-refractivity contribution in [1.82, 2.24) is 0 Å². The molecule has 0 aliphatic heterocycles. The first-order valence-corrected chi connectivity index (χ1v) is 9.51. The lowest BCUT2D eigenvalue weighted by molar-refractivity contribution is 0.568. The Hall–Kier alpha value is -1.50. The van der Waals surface area contributed by atoms with Crippen molar-refractivity contribution in [1.29, 1.82) is 0 Å². The first-order chi connectivity index (χ1) is 10.9. The molecule has 0 amide bonds. The SMILES string of the molecule is NS(=O)(=O)c1ccc(C2=C(c3cccc(Br)c3)CCC2)cc1F. The number of benzene rings is 2. The second-order valence-electron chi connectivity index (χ2n) is 5.51. The van der Waals surface area contributed by atoms with Gasteiger partial charge in [0.2, 0.25) is 10.0 Å². The Balaban J connectivity index is 2.10. The van der Waals surface area contributed by atoms with Crippen molar-refractivity contribution in [3.8, 4) is 0 Å². The van der Waals surface area contributed by atoms with Crippen LogP contribution in [0.15, 0.2) is 51.8 Å². The molecule has 3 rings (SSSR count). The van der Waals surface area contributed by atoms with Crippen LogP contribution in [0.3, 0.4) is 0 Å². The Morgan fingerprint density at radius 3 is 2.22 bits per heavy atom. The van der Waals surface area contributed by atoms with Crippen molar-refractivity contribution in [2.45, 2.75) is 24.2 Å². The summed E-state index contributed by atoms with van der Waals surface area (Å²) in [5.41, 5.74) is 4.04. The van der Waals surface area contributed by atoms with Gasteiger partial charge in [-0.3, -0.25) is 0 Å². The van der Waals surface area contributed by atoms with Crippen molar-refractivity contribution in [3.63, 3.8) is 0 Å². The Morgan fingerprint density at radius 2 is 1.65 bits per heavy atom. The third-order valence-electron chi connectivity index (χ3n) is 3.98. The van der Waals surface area contributed by atoms with Gasteiger partial charge in [0.25, 0.3) is 0 Å². The quantitative estimate of drug-likeness (QED) is 0.840. The molecule has 23 heavy (non-hydrogen) atoms. The minimum Gasteiger partial charge on any atom is -0.225 e. The summed E-state index contributed by atoms with van der Waals surface area (Å²) < 4.78 is 37.8. The molecule has 3 nitrogen and oxygen atoms in total. The minimum absolute atomic E-state index is 0.469. The van der Waals surface area contributed by atoms with Crippen LogP contribution < -0.4 is 5.14 Å². The van der Waals surface area contributed by atoms with Crippen LogP contribution in [-0.2, 0) is 10.0 Å². The highest BCUT2D eigenvalue weighted by atomic mass is 79.9. The normalized spacial score (nSPS) is 15.3. The predicted molar refractivity (Wildman–Crippen MR) is 92.6 cm³/mol. The van der Waals surface area contributed by atoms with E-state index in [9.17, 15) is 12.8 Å². The van der Waals surface area contributed by atoms with Crippen molar-refractivity contribution in [3.05, 3.63) is 63.9 Å². The standard InChI is InChI=1S/C17H15BrFNO2S/c18-13-4-1-3-11(9-13)14-5-2-6-15(14)12-7-8-17(16(19)10-12)23(20,21)22/h1,3-4,7-10H,2,5-6H2,(H2,20,21,22). The van der Waals surface area contributed by atoms with E-state index in [0.29, 0.717) is 5.56 Å². The van der Waals surface area contributed by atoms with E-state index >= 15 is 0 Å². The van der Waals surface area contributed by atoms with Gasteiger partial charge >= 0.3 is 0 Å². The largest absolute Gasteiger partial charge is 0.240 e. The molecule has 2 N–H and O–H groups in total. The maximum absolute atomic E-state index is 14.1. The van der Waals surface area contributed by atoms with Gasteiger partial charge in [-0.05, 0) is 65.8 Å². The van der Waals surface area contributed by atoms with Gasteiger partial charge in [-0.2, -0.15) is 0 Å². The molecule has 0 radical (unpaired) electrons.